The molecule has 1 saturated heterocycles. The fourth-order valence-electron chi connectivity index (χ4n) is 2.69. The van der Waals surface area contributed by atoms with Gasteiger partial charge in [-0.25, -0.2) is 4.98 Å². The van der Waals surface area contributed by atoms with E-state index in [9.17, 15) is 9.90 Å². The molecule has 1 aliphatic rings. The lowest BCUT2D eigenvalue weighted by molar-refractivity contribution is 0.0648. The lowest BCUT2D eigenvalue weighted by atomic mass is 10.0. The van der Waals surface area contributed by atoms with Gasteiger partial charge in [-0.3, -0.25) is 4.79 Å². The fraction of sp³-hybridized carbons (Fsp3) is 0.429. The van der Waals surface area contributed by atoms with Crippen LogP contribution >= 0.6 is 11.3 Å². The van der Waals surface area contributed by atoms with Crippen molar-refractivity contribution in [3.05, 3.63) is 29.3 Å². The van der Waals surface area contributed by atoms with Crippen molar-refractivity contribution < 1.29 is 9.90 Å². The van der Waals surface area contributed by atoms with Crippen molar-refractivity contribution in [1.82, 2.24) is 9.88 Å². The van der Waals surface area contributed by atoms with Gasteiger partial charge in [-0.05, 0) is 30.5 Å². The zero-order valence-electron chi connectivity index (χ0n) is 10.7. The second-order valence-corrected chi connectivity index (χ2v) is 5.94. The molecular weight excluding hydrogens is 260 g/mol. The third-order valence-electron chi connectivity index (χ3n) is 3.91. The van der Waals surface area contributed by atoms with Crippen LogP contribution in [0.15, 0.2) is 23.7 Å². The van der Waals surface area contributed by atoms with Gasteiger partial charge in [0, 0.05) is 12.1 Å². The molecule has 0 spiro atoms. The summed E-state index contributed by atoms with van der Waals surface area (Å²) < 4.78 is 1.03. The van der Waals surface area contributed by atoms with Crippen molar-refractivity contribution in [2.45, 2.75) is 19.4 Å². The van der Waals surface area contributed by atoms with Gasteiger partial charge in [0.1, 0.15) is 0 Å². The fourth-order valence-corrected chi connectivity index (χ4v) is 3.41. The molecule has 5 heteroatoms. The molecule has 1 aliphatic heterocycles. The van der Waals surface area contributed by atoms with E-state index < -0.39 is 0 Å². The number of hydrogen-bond donors (Lipinski definition) is 1. The van der Waals surface area contributed by atoms with Crippen LogP contribution in [0.2, 0.25) is 0 Å². The average Bonchev–Trinajstić information content (AvgIpc) is 3.02. The number of fused-ring (bicyclic) bond motifs is 1. The van der Waals surface area contributed by atoms with Gasteiger partial charge in [-0.15, -0.1) is 11.3 Å². The molecule has 19 heavy (non-hydrogen) atoms. The van der Waals surface area contributed by atoms with Gasteiger partial charge in [0.15, 0.2) is 0 Å². The van der Waals surface area contributed by atoms with E-state index >= 15 is 0 Å². The SMILES string of the molecule is CC1CCN(C(=O)c2ccc3ncsc3c2)C1CO. The molecule has 2 heterocycles. The highest BCUT2D eigenvalue weighted by Crippen LogP contribution is 2.27. The molecule has 4 nitrogen and oxygen atoms in total. The van der Waals surface area contributed by atoms with Crippen LogP contribution in [0, 0.1) is 5.92 Å². The van der Waals surface area contributed by atoms with Crippen molar-refractivity contribution in [3.63, 3.8) is 0 Å². The normalized spacial score (nSPS) is 23.2. The molecule has 1 aromatic carbocycles. The van der Waals surface area contributed by atoms with E-state index in [2.05, 4.69) is 11.9 Å². The van der Waals surface area contributed by atoms with Crippen LogP contribution in [-0.4, -0.2) is 40.1 Å². The molecule has 0 radical (unpaired) electrons. The Hall–Kier alpha value is -1.46. The second kappa shape index (κ2) is 4.90. The van der Waals surface area contributed by atoms with Crippen molar-refractivity contribution in [2.75, 3.05) is 13.2 Å². The monoisotopic (exact) mass is 276 g/mol. The van der Waals surface area contributed by atoms with E-state index in [4.69, 9.17) is 0 Å². The molecule has 1 aromatic heterocycles. The molecule has 1 fully saturated rings. The van der Waals surface area contributed by atoms with Crippen molar-refractivity contribution in [3.8, 4) is 0 Å². The van der Waals surface area contributed by atoms with Gasteiger partial charge < -0.3 is 10.0 Å². The minimum atomic E-state index is -0.0512. The van der Waals surface area contributed by atoms with Gasteiger partial charge >= 0.3 is 0 Å². The topological polar surface area (TPSA) is 53.4 Å². The highest BCUT2D eigenvalue weighted by Gasteiger charge is 2.34. The number of benzene rings is 1. The maximum absolute atomic E-state index is 12.5. The van der Waals surface area contributed by atoms with Crippen LogP contribution in [0.25, 0.3) is 10.2 Å². The molecule has 2 unspecified atom stereocenters. The minimum Gasteiger partial charge on any atom is -0.394 e. The maximum Gasteiger partial charge on any atom is 0.254 e. The predicted octanol–water partition coefficient (Wildman–Crippen LogP) is 2.14. The van der Waals surface area contributed by atoms with Crippen LogP contribution in [0.3, 0.4) is 0 Å². The summed E-state index contributed by atoms with van der Waals surface area (Å²) in [6.45, 7) is 2.85. The van der Waals surface area contributed by atoms with Crippen LogP contribution < -0.4 is 0 Å². The molecule has 1 N–H and O–H groups in total. The maximum atomic E-state index is 12.5. The summed E-state index contributed by atoms with van der Waals surface area (Å²) in [4.78, 5) is 18.5. The Morgan fingerprint density at radius 2 is 2.42 bits per heavy atom. The Morgan fingerprint density at radius 1 is 1.58 bits per heavy atom. The minimum absolute atomic E-state index is 0.0127. The number of hydrogen-bond acceptors (Lipinski definition) is 4. The van der Waals surface area contributed by atoms with Gasteiger partial charge in [0.2, 0.25) is 0 Å². The number of rotatable bonds is 2. The van der Waals surface area contributed by atoms with Crippen molar-refractivity contribution >= 4 is 27.5 Å². The Morgan fingerprint density at radius 3 is 3.21 bits per heavy atom. The average molecular weight is 276 g/mol. The van der Waals surface area contributed by atoms with Crippen LogP contribution in [-0.2, 0) is 0 Å². The first-order chi connectivity index (χ1) is 9.20. The largest absolute Gasteiger partial charge is 0.394 e. The lowest BCUT2D eigenvalue weighted by Crippen LogP contribution is -2.39. The Balaban J connectivity index is 1.90. The molecular formula is C14H16N2O2S. The summed E-state index contributed by atoms with van der Waals surface area (Å²) in [7, 11) is 0. The number of aromatic nitrogens is 1. The van der Waals surface area contributed by atoms with Crippen molar-refractivity contribution in [2.24, 2.45) is 5.92 Å². The van der Waals surface area contributed by atoms with Crippen LogP contribution in [0.5, 0.6) is 0 Å². The lowest BCUT2D eigenvalue weighted by Gasteiger charge is -2.25. The van der Waals surface area contributed by atoms with Crippen LogP contribution in [0.4, 0.5) is 0 Å². The highest BCUT2D eigenvalue weighted by atomic mass is 32.1. The van der Waals surface area contributed by atoms with Gasteiger partial charge in [-0.1, -0.05) is 6.92 Å². The van der Waals surface area contributed by atoms with E-state index in [1.807, 2.05) is 18.2 Å². The number of aliphatic hydroxyl groups is 1. The first-order valence-electron chi connectivity index (χ1n) is 6.46. The molecule has 1 amide bonds. The quantitative estimate of drug-likeness (QED) is 0.914. The highest BCUT2D eigenvalue weighted by molar-refractivity contribution is 7.16. The molecule has 0 saturated carbocycles. The zero-order valence-corrected chi connectivity index (χ0v) is 11.6. The summed E-state index contributed by atoms with van der Waals surface area (Å²) in [5.41, 5.74) is 3.40. The third-order valence-corrected chi connectivity index (χ3v) is 4.70. The molecule has 0 bridgehead atoms. The molecule has 2 atom stereocenters. The van der Waals surface area contributed by atoms with Gasteiger partial charge in [-0.2, -0.15) is 0 Å². The van der Waals surface area contributed by atoms with Gasteiger partial charge in [0.05, 0.1) is 28.4 Å². The summed E-state index contributed by atoms with van der Waals surface area (Å²) in [5, 5.41) is 9.44. The number of carbonyl (C=O) groups is 1. The Labute approximate surface area is 115 Å². The van der Waals surface area contributed by atoms with E-state index in [1.165, 1.54) is 11.3 Å². The zero-order chi connectivity index (χ0) is 13.4. The van der Waals surface area contributed by atoms with E-state index in [-0.39, 0.29) is 18.6 Å². The Bertz CT molecular complexity index is 610. The number of carbonyl (C=O) groups excluding carboxylic acids is 1. The van der Waals surface area contributed by atoms with Crippen molar-refractivity contribution in [1.29, 1.82) is 0 Å². The number of nitrogens with zero attached hydrogens (tertiary/aromatic N) is 2. The Kier molecular flexibility index (Phi) is 3.24. The van der Waals surface area contributed by atoms with E-state index in [0.29, 0.717) is 11.5 Å². The number of aliphatic hydroxyl groups excluding tert-OH is 1. The summed E-state index contributed by atoms with van der Waals surface area (Å²) in [6.07, 6.45) is 0.958. The molecule has 100 valence electrons. The standard InChI is InChI=1S/C14H16N2O2S/c1-9-4-5-16(12(9)7-17)14(18)10-2-3-11-13(6-10)19-8-15-11/h2-3,6,8-9,12,17H,4-5,7H2,1H3. The number of amides is 1. The number of thiazole rings is 1. The van der Waals surface area contributed by atoms with Crippen LogP contribution in [0.1, 0.15) is 23.7 Å². The van der Waals surface area contributed by atoms with Gasteiger partial charge in [0.25, 0.3) is 5.91 Å². The molecule has 3 rings (SSSR count). The predicted molar refractivity (Wildman–Crippen MR) is 75.3 cm³/mol. The first-order valence-corrected chi connectivity index (χ1v) is 7.33. The molecule has 2 aromatic rings. The second-order valence-electron chi connectivity index (χ2n) is 5.05. The summed E-state index contributed by atoms with van der Waals surface area (Å²) in [6, 6.07) is 5.55. The molecule has 0 aliphatic carbocycles. The number of likely N-dealkylation sites (tertiary alicyclic amines) is 1. The van der Waals surface area contributed by atoms with E-state index in [1.54, 1.807) is 10.4 Å². The summed E-state index contributed by atoms with van der Waals surface area (Å²) >= 11 is 1.54. The summed E-state index contributed by atoms with van der Waals surface area (Å²) in [5.74, 6) is 0.375. The third kappa shape index (κ3) is 2.13. The first kappa shape index (κ1) is 12.6. The van der Waals surface area contributed by atoms with E-state index in [0.717, 1.165) is 23.2 Å². The smallest absolute Gasteiger partial charge is 0.254 e.